The summed E-state index contributed by atoms with van der Waals surface area (Å²) in [5.74, 6) is 2.79. The number of amides is 1. The fourth-order valence-corrected chi connectivity index (χ4v) is 3.96. The topological polar surface area (TPSA) is 38.8 Å². The molecule has 0 atom stereocenters. The lowest BCUT2D eigenvalue weighted by molar-refractivity contribution is -0.132. The van der Waals surface area contributed by atoms with E-state index in [1.165, 1.54) is 17.5 Å². The third-order valence-corrected chi connectivity index (χ3v) is 5.83. The second-order valence-corrected chi connectivity index (χ2v) is 7.79. The summed E-state index contributed by atoms with van der Waals surface area (Å²) in [5.41, 5.74) is 2.55. The first kappa shape index (κ1) is 21.2. The first-order chi connectivity index (χ1) is 14.2. The average molecular weight is 396 g/mol. The van der Waals surface area contributed by atoms with Crippen molar-refractivity contribution in [1.29, 1.82) is 0 Å². The molecule has 0 unspecified atom stereocenters. The largest absolute Gasteiger partial charge is 0.497 e. The van der Waals surface area contributed by atoms with Crippen molar-refractivity contribution in [1.82, 2.24) is 4.90 Å². The summed E-state index contributed by atoms with van der Waals surface area (Å²) in [7, 11) is 1.67. The molecule has 4 heteroatoms. The minimum absolute atomic E-state index is 0.283. The van der Waals surface area contributed by atoms with Crippen LogP contribution in [0.15, 0.2) is 48.5 Å². The lowest BCUT2D eigenvalue weighted by Crippen LogP contribution is -2.38. The Balaban J connectivity index is 1.36. The highest BCUT2D eigenvalue weighted by Crippen LogP contribution is 2.24. The number of carbonyl (C=O) groups is 1. The fourth-order valence-electron chi connectivity index (χ4n) is 3.96. The molecule has 2 aromatic rings. The van der Waals surface area contributed by atoms with E-state index >= 15 is 0 Å². The van der Waals surface area contributed by atoms with Crippen molar-refractivity contribution in [2.24, 2.45) is 5.92 Å². The first-order valence-corrected chi connectivity index (χ1v) is 10.8. The molecular formula is C25H33NO3. The first-order valence-electron chi connectivity index (χ1n) is 10.8. The van der Waals surface area contributed by atoms with Gasteiger partial charge in [-0.3, -0.25) is 4.79 Å². The number of aryl methyl sites for hydroxylation is 2. The summed E-state index contributed by atoms with van der Waals surface area (Å²) in [6, 6.07) is 16.4. The molecule has 0 N–H and O–H groups in total. The Bertz CT molecular complexity index is 747. The molecule has 1 fully saturated rings. The van der Waals surface area contributed by atoms with Gasteiger partial charge in [-0.1, -0.05) is 24.3 Å². The van der Waals surface area contributed by atoms with Crippen molar-refractivity contribution < 1.29 is 14.3 Å². The summed E-state index contributed by atoms with van der Waals surface area (Å²) < 4.78 is 10.7. The van der Waals surface area contributed by atoms with Crippen molar-refractivity contribution >= 4 is 5.91 Å². The van der Waals surface area contributed by atoms with Gasteiger partial charge in [-0.15, -0.1) is 0 Å². The Morgan fingerprint density at radius 2 is 1.52 bits per heavy atom. The average Bonchev–Trinajstić information content (AvgIpc) is 2.78. The zero-order valence-electron chi connectivity index (χ0n) is 17.7. The van der Waals surface area contributed by atoms with Crippen LogP contribution < -0.4 is 9.47 Å². The molecule has 4 nitrogen and oxygen atoms in total. The molecule has 1 aliphatic rings. The van der Waals surface area contributed by atoms with Gasteiger partial charge in [0.05, 0.1) is 13.7 Å². The van der Waals surface area contributed by atoms with Gasteiger partial charge < -0.3 is 14.4 Å². The van der Waals surface area contributed by atoms with E-state index in [1.54, 1.807) is 7.11 Å². The van der Waals surface area contributed by atoms with E-state index in [9.17, 15) is 4.79 Å². The van der Waals surface area contributed by atoms with Crippen molar-refractivity contribution in [3.05, 3.63) is 59.7 Å². The van der Waals surface area contributed by atoms with Crippen molar-refractivity contribution in [3.8, 4) is 11.5 Å². The Kier molecular flexibility index (Phi) is 7.97. The number of benzene rings is 2. The predicted octanol–water partition coefficient (Wildman–Crippen LogP) is 4.90. The number of ether oxygens (including phenoxy) is 2. The molecule has 156 valence electrons. The van der Waals surface area contributed by atoms with Crippen molar-refractivity contribution in [2.45, 2.75) is 45.4 Å². The van der Waals surface area contributed by atoms with Crippen LogP contribution in [0.4, 0.5) is 0 Å². The van der Waals surface area contributed by atoms with Crippen LogP contribution in [0.25, 0.3) is 0 Å². The molecular weight excluding hydrogens is 362 g/mol. The summed E-state index contributed by atoms with van der Waals surface area (Å²) in [4.78, 5) is 14.6. The molecule has 1 amide bonds. The number of nitrogens with zero attached hydrogens (tertiary/aromatic N) is 1. The molecule has 0 aromatic heterocycles. The van der Waals surface area contributed by atoms with E-state index in [0.29, 0.717) is 18.9 Å². The monoisotopic (exact) mass is 395 g/mol. The maximum atomic E-state index is 12.6. The van der Waals surface area contributed by atoms with Gasteiger partial charge in [0.2, 0.25) is 5.91 Å². The number of piperidine rings is 1. The van der Waals surface area contributed by atoms with Gasteiger partial charge in [-0.2, -0.15) is 0 Å². The Morgan fingerprint density at radius 1 is 0.931 bits per heavy atom. The second kappa shape index (κ2) is 10.9. The van der Waals surface area contributed by atoms with E-state index < -0.39 is 0 Å². The molecule has 1 saturated heterocycles. The van der Waals surface area contributed by atoms with Crippen LogP contribution in [0.2, 0.25) is 0 Å². The normalized spacial score (nSPS) is 14.6. The van der Waals surface area contributed by atoms with Gasteiger partial charge >= 0.3 is 0 Å². The minimum Gasteiger partial charge on any atom is -0.497 e. The van der Waals surface area contributed by atoms with Gasteiger partial charge in [0.15, 0.2) is 0 Å². The highest BCUT2D eigenvalue weighted by Gasteiger charge is 2.22. The SMILES string of the molecule is CCOc1ccc(CCC2CCN(C(=O)CCc3ccc(OC)cc3)CC2)cc1. The molecule has 1 aliphatic heterocycles. The standard InChI is InChI=1S/C25H33NO3/c1-3-29-24-13-8-20(9-14-24)4-5-22-16-18-26(19-17-22)25(27)15-10-21-6-11-23(28-2)12-7-21/h6-9,11-14,22H,3-5,10,15-19H2,1-2H3. The fraction of sp³-hybridized carbons (Fsp3) is 0.480. The van der Waals surface area contributed by atoms with E-state index in [4.69, 9.17) is 9.47 Å². The molecule has 0 aliphatic carbocycles. The van der Waals surface area contributed by atoms with E-state index in [2.05, 4.69) is 29.2 Å². The number of rotatable bonds is 9. The van der Waals surface area contributed by atoms with E-state index in [0.717, 1.165) is 50.3 Å². The Morgan fingerprint density at radius 3 is 2.10 bits per heavy atom. The number of likely N-dealkylation sites (tertiary alicyclic amines) is 1. The van der Waals surface area contributed by atoms with E-state index in [1.807, 2.05) is 31.2 Å². The summed E-state index contributed by atoms with van der Waals surface area (Å²) >= 11 is 0. The zero-order chi connectivity index (χ0) is 20.5. The minimum atomic E-state index is 0.283. The molecule has 1 heterocycles. The van der Waals surface area contributed by atoms with Gasteiger partial charge in [0.1, 0.15) is 11.5 Å². The van der Waals surface area contributed by atoms with Gasteiger partial charge in [0, 0.05) is 19.5 Å². The van der Waals surface area contributed by atoms with Crippen LogP contribution >= 0.6 is 0 Å². The molecule has 0 spiro atoms. The van der Waals surface area contributed by atoms with Crippen LogP contribution in [0.3, 0.4) is 0 Å². The highest BCUT2D eigenvalue weighted by atomic mass is 16.5. The second-order valence-electron chi connectivity index (χ2n) is 7.79. The predicted molar refractivity (Wildman–Crippen MR) is 117 cm³/mol. The molecule has 3 rings (SSSR count). The van der Waals surface area contributed by atoms with Gasteiger partial charge in [-0.05, 0) is 80.3 Å². The van der Waals surface area contributed by atoms with E-state index in [-0.39, 0.29) is 5.91 Å². The van der Waals surface area contributed by atoms with Crippen LogP contribution in [-0.2, 0) is 17.6 Å². The summed E-state index contributed by atoms with van der Waals surface area (Å²) in [5, 5.41) is 0. The number of methoxy groups -OCH3 is 1. The van der Waals surface area contributed by atoms with Crippen LogP contribution in [-0.4, -0.2) is 37.6 Å². The smallest absolute Gasteiger partial charge is 0.222 e. The third kappa shape index (κ3) is 6.52. The number of hydrogen-bond acceptors (Lipinski definition) is 3. The third-order valence-electron chi connectivity index (χ3n) is 5.83. The summed E-state index contributed by atoms with van der Waals surface area (Å²) in [6.45, 7) is 4.51. The summed E-state index contributed by atoms with van der Waals surface area (Å²) in [6.07, 6.45) is 5.91. The Hall–Kier alpha value is -2.49. The molecule has 29 heavy (non-hydrogen) atoms. The van der Waals surface area contributed by atoms with Crippen molar-refractivity contribution in [3.63, 3.8) is 0 Å². The Labute approximate surface area is 174 Å². The molecule has 0 radical (unpaired) electrons. The lowest BCUT2D eigenvalue weighted by atomic mass is 9.90. The van der Waals surface area contributed by atoms with Crippen molar-refractivity contribution in [2.75, 3.05) is 26.8 Å². The maximum absolute atomic E-state index is 12.6. The zero-order valence-corrected chi connectivity index (χ0v) is 17.7. The van der Waals surface area contributed by atoms with Gasteiger partial charge in [-0.25, -0.2) is 0 Å². The molecule has 0 saturated carbocycles. The maximum Gasteiger partial charge on any atom is 0.222 e. The molecule has 2 aromatic carbocycles. The highest BCUT2D eigenvalue weighted by molar-refractivity contribution is 5.76. The number of carbonyl (C=O) groups excluding carboxylic acids is 1. The van der Waals surface area contributed by atoms with Gasteiger partial charge in [0.25, 0.3) is 0 Å². The van der Waals surface area contributed by atoms with Crippen LogP contribution in [0.1, 0.15) is 43.7 Å². The number of hydrogen-bond donors (Lipinski definition) is 0. The lowest BCUT2D eigenvalue weighted by Gasteiger charge is -2.32. The quantitative estimate of drug-likeness (QED) is 0.606. The van der Waals surface area contributed by atoms with Crippen LogP contribution in [0, 0.1) is 5.92 Å². The van der Waals surface area contributed by atoms with Crippen LogP contribution in [0.5, 0.6) is 11.5 Å². The molecule has 0 bridgehead atoms.